The number of aryl methyl sites for hydroxylation is 4. The summed E-state index contributed by atoms with van der Waals surface area (Å²) in [6, 6.07) is 6.73. The lowest BCUT2D eigenvalue weighted by atomic mass is 9.95. The van der Waals surface area contributed by atoms with Gasteiger partial charge in [0, 0.05) is 19.3 Å². The third-order valence-electron chi connectivity index (χ3n) is 3.25. The van der Waals surface area contributed by atoms with Crippen molar-refractivity contribution in [1.82, 2.24) is 9.78 Å². The molecule has 0 saturated heterocycles. The summed E-state index contributed by atoms with van der Waals surface area (Å²) < 4.78 is 1.81. The zero-order chi connectivity index (χ0) is 13.3. The second-order valence-electron chi connectivity index (χ2n) is 5.05. The molecule has 3 nitrogen and oxygen atoms in total. The van der Waals surface area contributed by atoms with Crippen molar-refractivity contribution < 1.29 is 0 Å². The maximum Gasteiger partial charge on any atom is 0.148 e. The number of nitrogens with zero attached hydrogens (tertiary/aromatic N) is 2. The van der Waals surface area contributed by atoms with E-state index in [1.165, 1.54) is 22.3 Å². The highest BCUT2D eigenvalue weighted by atomic mass is 15.3. The highest BCUT2D eigenvalue weighted by Gasteiger charge is 2.12. The largest absolute Gasteiger partial charge is 0.362 e. The van der Waals surface area contributed by atoms with Crippen molar-refractivity contribution in [2.45, 2.75) is 33.7 Å². The molecule has 18 heavy (non-hydrogen) atoms. The Bertz CT molecular complexity index is 532. The van der Waals surface area contributed by atoms with Crippen molar-refractivity contribution in [2.75, 3.05) is 5.32 Å². The fourth-order valence-corrected chi connectivity index (χ4v) is 2.66. The Labute approximate surface area is 109 Å². The van der Waals surface area contributed by atoms with E-state index in [2.05, 4.69) is 50.2 Å². The Hall–Kier alpha value is -1.77. The van der Waals surface area contributed by atoms with E-state index in [-0.39, 0.29) is 6.04 Å². The van der Waals surface area contributed by atoms with Crippen LogP contribution in [0.2, 0.25) is 0 Å². The van der Waals surface area contributed by atoms with Gasteiger partial charge in [-0.15, -0.1) is 0 Å². The van der Waals surface area contributed by atoms with E-state index >= 15 is 0 Å². The van der Waals surface area contributed by atoms with Gasteiger partial charge in [0.05, 0.1) is 6.04 Å². The molecule has 0 amide bonds. The minimum Gasteiger partial charge on any atom is -0.362 e. The van der Waals surface area contributed by atoms with Crippen LogP contribution in [-0.4, -0.2) is 9.78 Å². The van der Waals surface area contributed by atoms with Crippen LogP contribution in [0.3, 0.4) is 0 Å². The van der Waals surface area contributed by atoms with Crippen molar-refractivity contribution in [3.63, 3.8) is 0 Å². The highest BCUT2D eigenvalue weighted by Crippen LogP contribution is 2.25. The second kappa shape index (κ2) is 4.84. The van der Waals surface area contributed by atoms with Gasteiger partial charge < -0.3 is 5.32 Å². The van der Waals surface area contributed by atoms with Crippen LogP contribution >= 0.6 is 0 Å². The molecule has 1 N–H and O–H groups in total. The van der Waals surface area contributed by atoms with Crippen molar-refractivity contribution >= 4 is 5.82 Å². The zero-order valence-electron chi connectivity index (χ0n) is 11.8. The quantitative estimate of drug-likeness (QED) is 0.894. The molecular weight excluding hydrogens is 222 g/mol. The van der Waals surface area contributed by atoms with E-state index in [0.717, 1.165) is 5.82 Å². The van der Waals surface area contributed by atoms with Crippen molar-refractivity contribution in [1.29, 1.82) is 0 Å². The lowest BCUT2D eigenvalue weighted by Crippen LogP contribution is -2.11. The number of benzene rings is 1. The third kappa shape index (κ3) is 2.55. The van der Waals surface area contributed by atoms with Gasteiger partial charge in [-0.3, -0.25) is 4.68 Å². The molecule has 1 atom stereocenters. The molecule has 0 fully saturated rings. The van der Waals surface area contributed by atoms with E-state index < -0.39 is 0 Å². The van der Waals surface area contributed by atoms with Gasteiger partial charge in [0.2, 0.25) is 0 Å². The predicted molar refractivity (Wildman–Crippen MR) is 75.9 cm³/mol. The van der Waals surface area contributed by atoms with E-state index in [4.69, 9.17) is 0 Å². The summed E-state index contributed by atoms with van der Waals surface area (Å²) in [5.41, 5.74) is 5.36. The van der Waals surface area contributed by atoms with Crippen molar-refractivity contribution in [2.24, 2.45) is 7.05 Å². The summed E-state index contributed by atoms with van der Waals surface area (Å²) in [6.45, 7) is 8.66. The van der Waals surface area contributed by atoms with Crippen LogP contribution in [0.15, 0.2) is 24.4 Å². The smallest absolute Gasteiger partial charge is 0.148 e. The van der Waals surface area contributed by atoms with Crippen molar-refractivity contribution in [3.8, 4) is 0 Å². The van der Waals surface area contributed by atoms with Crippen LogP contribution in [0.1, 0.15) is 35.2 Å². The van der Waals surface area contributed by atoms with Gasteiger partial charge in [-0.1, -0.05) is 17.7 Å². The monoisotopic (exact) mass is 243 g/mol. The molecule has 3 heteroatoms. The molecule has 0 saturated carbocycles. The van der Waals surface area contributed by atoms with Gasteiger partial charge in [-0.05, 0) is 44.4 Å². The SMILES string of the molecule is Cc1cc(C)c(C(C)Nc2ccn(C)n2)c(C)c1. The lowest BCUT2D eigenvalue weighted by molar-refractivity contribution is 0.758. The standard InChI is InChI=1S/C15H21N3/c1-10-8-11(2)15(12(3)9-10)13(4)16-14-6-7-18(5)17-14/h6-9,13H,1-5H3,(H,16,17). The molecule has 2 rings (SSSR count). The number of hydrogen-bond acceptors (Lipinski definition) is 2. The minimum absolute atomic E-state index is 0.264. The first kappa shape index (κ1) is 12.7. The van der Waals surface area contributed by atoms with Gasteiger partial charge in [0.25, 0.3) is 0 Å². The Morgan fingerprint density at radius 1 is 1.17 bits per heavy atom. The molecular formula is C15H21N3. The van der Waals surface area contributed by atoms with Gasteiger partial charge in [-0.2, -0.15) is 5.10 Å². The fraction of sp³-hybridized carbons (Fsp3) is 0.400. The average molecular weight is 243 g/mol. The fourth-order valence-electron chi connectivity index (χ4n) is 2.66. The molecule has 2 aromatic rings. The molecule has 0 bridgehead atoms. The topological polar surface area (TPSA) is 29.9 Å². The van der Waals surface area contributed by atoms with E-state index in [9.17, 15) is 0 Å². The van der Waals surface area contributed by atoms with Crippen LogP contribution in [-0.2, 0) is 7.05 Å². The van der Waals surface area contributed by atoms with Crippen LogP contribution in [0.4, 0.5) is 5.82 Å². The van der Waals surface area contributed by atoms with E-state index in [1.54, 1.807) is 0 Å². The van der Waals surface area contributed by atoms with Crippen LogP contribution in [0.25, 0.3) is 0 Å². The molecule has 1 heterocycles. The number of hydrogen-bond donors (Lipinski definition) is 1. The molecule has 0 aliphatic rings. The maximum absolute atomic E-state index is 4.36. The van der Waals surface area contributed by atoms with Gasteiger partial charge >= 0.3 is 0 Å². The Balaban J connectivity index is 2.26. The first-order valence-electron chi connectivity index (χ1n) is 6.31. The molecule has 0 aliphatic heterocycles. The molecule has 1 aromatic heterocycles. The first-order chi connectivity index (χ1) is 8.47. The van der Waals surface area contributed by atoms with Gasteiger partial charge in [-0.25, -0.2) is 0 Å². The highest BCUT2D eigenvalue weighted by molar-refractivity contribution is 5.44. The summed E-state index contributed by atoms with van der Waals surface area (Å²) in [5, 5.41) is 7.81. The summed E-state index contributed by atoms with van der Waals surface area (Å²) in [5.74, 6) is 0.921. The zero-order valence-corrected chi connectivity index (χ0v) is 11.8. The molecule has 0 aliphatic carbocycles. The molecule has 1 aromatic carbocycles. The van der Waals surface area contributed by atoms with Gasteiger partial charge in [0.1, 0.15) is 5.82 Å². The number of nitrogens with one attached hydrogen (secondary N) is 1. The maximum atomic E-state index is 4.36. The number of rotatable bonds is 3. The average Bonchev–Trinajstić information content (AvgIpc) is 2.62. The Kier molecular flexibility index (Phi) is 3.41. The molecule has 96 valence electrons. The van der Waals surface area contributed by atoms with Gasteiger partial charge in [0.15, 0.2) is 0 Å². The van der Waals surface area contributed by atoms with Crippen LogP contribution < -0.4 is 5.32 Å². The van der Waals surface area contributed by atoms with E-state index in [1.807, 2.05) is 24.0 Å². The summed E-state index contributed by atoms with van der Waals surface area (Å²) >= 11 is 0. The van der Waals surface area contributed by atoms with Crippen molar-refractivity contribution in [3.05, 3.63) is 46.6 Å². The predicted octanol–water partition coefficient (Wildman–Crippen LogP) is 3.52. The lowest BCUT2D eigenvalue weighted by Gasteiger charge is -2.19. The Morgan fingerprint density at radius 2 is 1.78 bits per heavy atom. The Morgan fingerprint density at radius 3 is 2.28 bits per heavy atom. The molecule has 0 radical (unpaired) electrons. The van der Waals surface area contributed by atoms with Crippen LogP contribution in [0.5, 0.6) is 0 Å². The minimum atomic E-state index is 0.264. The summed E-state index contributed by atoms with van der Waals surface area (Å²) in [6.07, 6.45) is 1.95. The molecule has 0 spiro atoms. The summed E-state index contributed by atoms with van der Waals surface area (Å²) in [4.78, 5) is 0. The first-order valence-corrected chi connectivity index (χ1v) is 6.31. The summed E-state index contributed by atoms with van der Waals surface area (Å²) in [7, 11) is 1.93. The number of anilines is 1. The molecule has 1 unspecified atom stereocenters. The normalized spacial score (nSPS) is 12.5. The third-order valence-corrected chi connectivity index (χ3v) is 3.25. The van der Waals surface area contributed by atoms with Crippen LogP contribution in [0, 0.1) is 20.8 Å². The number of aromatic nitrogens is 2. The second-order valence-corrected chi connectivity index (χ2v) is 5.05. The van der Waals surface area contributed by atoms with E-state index in [0.29, 0.717) is 0 Å².